The summed E-state index contributed by atoms with van der Waals surface area (Å²) in [4.78, 5) is 14.2. The molecule has 2 fully saturated rings. The number of nitrogens with zero attached hydrogens (tertiary/aromatic N) is 1. The topological polar surface area (TPSA) is 32.3 Å². The van der Waals surface area contributed by atoms with Crippen LogP contribution in [0.1, 0.15) is 39.0 Å². The maximum atomic E-state index is 13.1. The van der Waals surface area contributed by atoms with Crippen molar-refractivity contribution >= 4 is 5.91 Å². The molecule has 2 aliphatic rings. The highest BCUT2D eigenvalue weighted by molar-refractivity contribution is 5.79. The molecule has 1 aliphatic heterocycles. The lowest BCUT2D eigenvalue weighted by atomic mass is 9.84. The van der Waals surface area contributed by atoms with Crippen molar-refractivity contribution in [2.75, 3.05) is 20.1 Å². The van der Waals surface area contributed by atoms with Crippen molar-refractivity contribution in [1.29, 1.82) is 0 Å². The van der Waals surface area contributed by atoms with Crippen LogP contribution >= 0.6 is 0 Å². The van der Waals surface area contributed by atoms with E-state index in [1.165, 1.54) is 0 Å². The number of halogens is 2. The molecule has 3 nitrogen and oxygen atoms in total. The fourth-order valence-electron chi connectivity index (χ4n) is 3.32. The highest BCUT2D eigenvalue weighted by Gasteiger charge is 2.39. The van der Waals surface area contributed by atoms with Crippen molar-refractivity contribution < 1.29 is 13.6 Å². The number of rotatable bonds is 2. The van der Waals surface area contributed by atoms with E-state index in [4.69, 9.17) is 0 Å². The third-order valence-electron chi connectivity index (χ3n) is 4.65. The Balaban J connectivity index is 1.87. The Labute approximate surface area is 113 Å². The number of hydrogen-bond acceptors (Lipinski definition) is 2. The molecule has 2 rings (SSSR count). The predicted octanol–water partition coefficient (Wildman–Crippen LogP) is 2.27. The highest BCUT2D eigenvalue weighted by Crippen LogP contribution is 2.37. The quantitative estimate of drug-likeness (QED) is 0.838. The molecule has 5 heteroatoms. The van der Waals surface area contributed by atoms with Crippen molar-refractivity contribution in [3.05, 3.63) is 0 Å². The van der Waals surface area contributed by atoms with Gasteiger partial charge in [-0.15, -0.1) is 0 Å². The Kier molecular flexibility index (Phi) is 4.43. The van der Waals surface area contributed by atoms with E-state index < -0.39 is 5.92 Å². The van der Waals surface area contributed by atoms with E-state index >= 15 is 0 Å². The molecule has 0 aromatic heterocycles. The van der Waals surface area contributed by atoms with Gasteiger partial charge in [0, 0.05) is 37.9 Å². The van der Waals surface area contributed by atoms with Crippen LogP contribution in [0.4, 0.5) is 8.78 Å². The molecule has 1 amide bonds. The SMILES string of the molecule is CNC1CCN(C(=O)C2CCC(F)(F)CC2)CC1C. The number of hydrogen-bond donors (Lipinski definition) is 1. The number of carbonyl (C=O) groups is 1. The third kappa shape index (κ3) is 3.44. The zero-order valence-corrected chi connectivity index (χ0v) is 11.8. The smallest absolute Gasteiger partial charge is 0.248 e. The lowest BCUT2D eigenvalue weighted by Gasteiger charge is -2.39. The maximum absolute atomic E-state index is 13.1. The Morgan fingerprint density at radius 2 is 1.89 bits per heavy atom. The van der Waals surface area contributed by atoms with E-state index in [0.29, 0.717) is 24.8 Å². The van der Waals surface area contributed by atoms with Crippen LogP contribution in [0.15, 0.2) is 0 Å². The van der Waals surface area contributed by atoms with Crippen LogP contribution in [0, 0.1) is 11.8 Å². The summed E-state index contributed by atoms with van der Waals surface area (Å²) in [7, 11) is 1.95. The van der Waals surface area contributed by atoms with Crippen molar-refractivity contribution in [3.63, 3.8) is 0 Å². The summed E-state index contributed by atoms with van der Waals surface area (Å²) in [6.45, 7) is 3.63. The average Bonchev–Trinajstić information content (AvgIpc) is 2.38. The summed E-state index contributed by atoms with van der Waals surface area (Å²) < 4.78 is 26.2. The van der Waals surface area contributed by atoms with Gasteiger partial charge in [-0.05, 0) is 32.2 Å². The van der Waals surface area contributed by atoms with E-state index in [1.54, 1.807) is 0 Å². The van der Waals surface area contributed by atoms with E-state index in [2.05, 4.69) is 12.2 Å². The summed E-state index contributed by atoms with van der Waals surface area (Å²) in [5, 5.41) is 3.27. The van der Waals surface area contributed by atoms with Gasteiger partial charge in [-0.1, -0.05) is 6.92 Å². The van der Waals surface area contributed by atoms with Crippen LogP contribution < -0.4 is 5.32 Å². The molecule has 1 saturated heterocycles. The molecule has 110 valence electrons. The number of likely N-dealkylation sites (tertiary alicyclic amines) is 1. The fraction of sp³-hybridized carbons (Fsp3) is 0.929. The highest BCUT2D eigenvalue weighted by atomic mass is 19.3. The Bertz CT molecular complexity index is 325. The molecule has 0 aromatic carbocycles. The second-order valence-electron chi connectivity index (χ2n) is 6.08. The van der Waals surface area contributed by atoms with Gasteiger partial charge in [-0.3, -0.25) is 4.79 Å². The van der Waals surface area contributed by atoms with Crippen LogP contribution in [0.2, 0.25) is 0 Å². The molecule has 2 unspecified atom stereocenters. The van der Waals surface area contributed by atoms with Crippen LogP contribution in [0.25, 0.3) is 0 Å². The van der Waals surface area contributed by atoms with Gasteiger partial charge in [-0.25, -0.2) is 8.78 Å². The molecule has 0 radical (unpaired) electrons. The van der Waals surface area contributed by atoms with Gasteiger partial charge in [0.1, 0.15) is 0 Å². The number of piperidine rings is 1. The first-order valence-corrected chi connectivity index (χ1v) is 7.27. The Morgan fingerprint density at radius 1 is 1.26 bits per heavy atom. The van der Waals surface area contributed by atoms with E-state index in [1.807, 2.05) is 11.9 Å². The van der Waals surface area contributed by atoms with Crippen molar-refractivity contribution in [2.24, 2.45) is 11.8 Å². The lowest BCUT2D eigenvalue weighted by Crippen LogP contribution is -2.51. The largest absolute Gasteiger partial charge is 0.342 e. The first-order chi connectivity index (χ1) is 8.93. The predicted molar refractivity (Wildman–Crippen MR) is 70.1 cm³/mol. The third-order valence-corrected chi connectivity index (χ3v) is 4.65. The van der Waals surface area contributed by atoms with Crippen molar-refractivity contribution in [1.82, 2.24) is 10.2 Å². The lowest BCUT2D eigenvalue weighted by molar-refractivity contribution is -0.141. The minimum Gasteiger partial charge on any atom is -0.342 e. The summed E-state index contributed by atoms with van der Waals surface area (Å²) in [5.74, 6) is -2.22. The number of carbonyl (C=O) groups excluding carboxylic acids is 1. The van der Waals surface area contributed by atoms with Gasteiger partial charge < -0.3 is 10.2 Å². The van der Waals surface area contributed by atoms with Gasteiger partial charge in [0.2, 0.25) is 11.8 Å². The molecule has 1 aliphatic carbocycles. The van der Waals surface area contributed by atoms with Crippen molar-refractivity contribution in [2.45, 2.75) is 51.0 Å². The molecule has 19 heavy (non-hydrogen) atoms. The minimum atomic E-state index is -2.55. The van der Waals surface area contributed by atoms with Gasteiger partial charge >= 0.3 is 0 Å². The van der Waals surface area contributed by atoms with Gasteiger partial charge in [0.15, 0.2) is 0 Å². The molecule has 0 spiro atoms. The molecule has 1 heterocycles. The Hall–Kier alpha value is -0.710. The average molecular weight is 274 g/mol. The van der Waals surface area contributed by atoms with E-state index in [-0.39, 0.29) is 24.7 Å². The maximum Gasteiger partial charge on any atom is 0.248 e. The first-order valence-electron chi connectivity index (χ1n) is 7.27. The summed E-state index contributed by atoms with van der Waals surface area (Å²) in [5.41, 5.74) is 0. The minimum absolute atomic E-state index is 0.0944. The first kappa shape index (κ1) is 14.7. The number of alkyl halides is 2. The standard InChI is InChI=1S/C14H24F2N2O/c1-10-9-18(8-5-12(10)17-2)13(19)11-3-6-14(15,16)7-4-11/h10-12,17H,3-9H2,1-2H3. The molecule has 0 aromatic rings. The van der Waals surface area contributed by atoms with Gasteiger partial charge in [0.05, 0.1) is 0 Å². The normalized spacial score (nSPS) is 32.3. The van der Waals surface area contributed by atoms with Gasteiger partial charge in [-0.2, -0.15) is 0 Å². The summed E-state index contributed by atoms with van der Waals surface area (Å²) >= 11 is 0. The van der Waals surface area contributed by atoms with Crippen LogP contribution in [0.3, 0.4) is 0 Å². The molecule has 1 saturated carbocycles. The molecule has 2 atom stereocenters. The molecular formula is C14H24F2N2O. The van der Waals surface area contributed by atoms with E-state index in [0.717, 1.165) is 19.5 Å². The zero-order chi connectivity index (χ0) is 14.0. The van der Waals surface area contributed by atoms with Crippen LogP contribution in [-0.4, -0.2) is 42.9 Å². The molecular weight excluding hydrogens is 250 g/mol. The summed E-state index contributed by atoms with van der Waals surface area (Å²) in [6.07, 6.45) is 1.36. The van der Waals surface area contributed by atoms with Crippen molar-refractivity contribution in [3.8, 4) is 0 Å². The zero-order valence-electron chi connectivity index (χ0n) is 11.8. The van der Waals surface area contributed by atoms with Crippen LogP contribution in [0.5, 0.6) is 0 Å². The van der Waals surface area contributed by atoms with E-state index in [9.17, 15) is 13.6 Å². The second kappa shape index (κ2) is 5.73. The number of nitrogens with one attached hydrogen (secondary N) is 1. The molecule has 1 N–H and O–H groups in total. The second-order valence-corrected chi connectivity index (χ2v) is 6.08. The van der Waals surface area contributed by atoms with Gasteiger partial charge in [0.25, 0.3) is 0 Å². The number of amides is 1. The monoisotopic (exact) mass is 274 g/mol. The Morgan fingerprint density at radius 3 is 2.42 bits per heavy atom. The van der Waals surface area contributed by atoms with Crippen LogP contribution in [-0.2, 0) is 4.79 Å². The fourth-order valence-corrected chi connectivity index (χ4v) is 3.32. The molecule has 0 bridgehead atoms. The summed E-state index contributed by atoms with van der Waals surface area (Å²) in [6, 6.07) is 0.458.